The third kappa shape index (κ3) is 4.39. The van der Waals surface area contributed by atoms with Crippen molar-refractivity contribution < 1.29 is 24.2 Å². The van der Waals surface area contributed by atoms with Crippen LogP contribution < -0.4 is 10.1 Å². The largest absolute Gasteiger partial charge is 0.497 e. The highest BCUT2D eigenvalue weighted by atomic mass is 16.5. The van der Waals surface area contributed by atoms with Crippen molar-refractivity contribution in [1.29, 1.82) is 0 Å². The summed E-state index contributed by atoms with van der Waals surface area (Å²) in [5, 5.41) is 12.0. The van der Waals surface area contributed by atoms with Gasteiger partial charge in [-0.2, -0.15) is 0 Å². The summed E-state index contributed by atoms with van der Waals surface area (Å²) in [5.41, 5.74) is 0.138. The highest BCUT2D eigenvalue weighted by Crippen LogP contribution is 2.42. The van der Waals surface area contributed by atoms with Crippen LogP contribution in [0.15, 0.2) is 36.9 Å². The number of ether oxygens (including phenoxy) is 2. The number of nitrogens with one attached hydrogen (secondary N) is 1. The standard InChI is InChI=1S/C19H25NO5/c1-3-11-25-13-16(17(21)22)20-18(23)19(9-4-5-10-19)14-7-6-8-15(12-14)24-2/h3,6-8,12,16H,1,4-5,9-11,13H2,2H3,(H,20,23)(H,21,22). The molecule has 1 aromatic carbocycles. The molecule has 1 fully saturated rings. The second-order valence-corrected chi connectivity index (χ2v) is 6.21. The minimum Gasteiger partial charge on any atom is -0.497 e. The quantitative estimate of drug-likeness (QED) is 0.529. The number of carboxylic acids is 1. The molecule has 1 atom stereocenters. The summed E-state index contributed by atoms with van der Waals surface area (Å²) in [4.78, 5) is 24.5. The second-order valence-electron chi connectivity index (χ2n) is 6.21. The van der Waals surface area contributed by atoms with Crippen molar-refractivity contribution >= 4 is 11.9 Å². The van der Waals surface area contributed by atoms with Gasteiger partial charge in [0, 0.05) is 0 Å². The molecule has 2 N–H and O–H groups in total. The van der Waals surface area contributed by atoms with E-state index in [4.69, 9.17) is 9.47 Å². The van der Waals surface area contributed by atoms with Crippen LogP contribution in [0.3, 0.4) is 0 Å². The molecular formula is C19H25NO5. The minimum atomic E-state index is -1.11. The van der Waals surface area contributed by atoms with Gasteiger partial charge in [0.25, 0.3) is 0 Å². The lowest BCUT2D eigenvalue weighted by atomic mass is 9.77. The molecule has 1 aromatic rings. The summed E-state index contributed by atoms with van der Waals surface area (Å²) in [5.74, 6) is -0.704. The summed E-state index contributed by atoms with van der Waals surface area (Å²) in [7, 11) is 1.58. The Morgan fingerprint density at radius 3 is 2.72 bits per heavy atom. The van der Waals surface area contributed by atoms with E-state index in [2.05, 4.69) is 11.9 Å². The molecule has 1 unspecified atom stereocenters. The van der Waals surface area contributed by atoms with Gasteiger partial charge in [-0.25, -0.2) is 4.79 Å². The van der Waals surface area contributed by atoms with Crippen LogP contribution in [-0.2, 0) is 19.7 Å². The number of carboxylic acid groups (broad SMARTS) is 1. The van der Waals surface area contributed by atoms with E-state index >= 15 is 0 Å². The van der Waals surface area contributed by atoms with E-state index in [1.165, 1.54) is 6.08 Å². The number of rotatable bonds is 9. The van der Waals surface area contributed by atoms with Gasteiger partial charge in [0.15, 0.2) is 6.04 Å². The number of amides is 1. The maximum absolute atomic E-state index is 13.0. The van der Waals surface area contributed by atoms with Gasteiger partial charge in [0.05, 0.1) is 25.7 Å². The number of aliphatic carboxylic acids is 1. The van der Waals surface area contributed by atoms with Gasteiger partial charge < -0.3 is 19.9 Å². The number of methoxy groups -OCH3 is 1. The predicted octanol–water partition coefficient (Wildman–Crippen LogP) is 2.28. The van der Waals surface area contributed by atoms with Gasteiger partial charge in [-0.1, -0.05) is 31.1 Å². The van der Waals surface area contributed by atoms with Crippen molar-refractivity contribution in [3.8, 4) is 5.75 Å². The van der Waals surface area contributed by atoms with Crippen LogP contribution in [0.4, 0.5) is 0 Å². The lowest BCUT2D eigenvalue weighted by Crippen LogP contribution is -2.51. The molecule has 0 heterocycles. The molecular weight excluding hydrogens is 322 g/mol. The van der Waals surface area contributed by atoms with Crippen LogP contribution in [0, 0.1) is 0 Å². The van der Waals surface area contributed by atoms with Crippen molar-refractivity contribution in [2.75, 3.05) is 20.3 Å². The van der Waals surface area contributed by atoms with Crippen molar-refractivity contribution in [3.63, 3.8) is 0 Å². The molecule has 0 spiro atoms. The van der Waals surface area contributed by atoms with Crippen LogP contribution in [0.2, 0.25) is 0 Å². The van der Waals surface area contributed by atoms with Gasteiger partial charge in [0.1, 0.15) is 5.75 Å². The van der Waals surface area contributed by atoms with E-state index < -0.39 is 17.4 Å². The number of benzene rings is 1. The lowest BCUT2D eigenvalue weighted by molar-refractivity contribution is -0.144. The molecule has 0 aliphatic heterocycles. The van der Waals surface area contributed by atoms with Gasteiger partial charge >= 0.3 is 5.97 Å². The average Bonchev–Trinajstić information content (AvgIpc) is 3.12. The topological polar surface area (TPSA) is 84.9 Å². The average molecular weight is 347 g/mol. The fourth-order valence-corrected chi connectivity index (χ4v) is 3.29. The Morgan fingerprint density at radius 2 is 2.12 bits per heavy atom. The Kier molecular flexibility index (Phi) is 6.58. The summed E-state index contributed by atoms with van der Waals surface area (Å²) >= 11 is 0. The van der Waals surface area contributed by atoms with Gasteiger partial charge in [-0.3, -0.25) is 4.79 Å². The van der Waals surface area contributed by atoms with Crippen LogP contribution in [0.1, 0.15) is 31.2 Å². The monoisotopic (exact) mass is 347 g/mol. The first-order chi connectivity index (χ1) is 12.0. The summed E-state index contributed by atoms with van der Waals surface area (Å²) < 4.78 is 10.5. The fraction of sp³-hybridized carbons (Fsp3) is 0.474. The molecule has 6 nitrogen and oxygen atoms in total. The number of hydrogen-bond donors (Lipinski definition) is 2. The van der Waals surface area contributed by atoms with Crippen LogP contribution in [-0.4, -0.2) is 43.3 Å². The Bertz CT molecular complexity index is 622. The zero-order valence-electron chi connectivity index (χ0n) is 14.5. The number of carbonyl (C=O) groups excluding carboxylic acids is 1. The van der Waals surface area contributed by atoms with E-state index in [1.54, 1.807) is 7.11 Å². The molecule has 0 aromatic heterocycles. The first-order valence-electron chi connectivity index (χ1n) is 8.40. The Labute approximate surface area is 147 Å². The van der Waals surface area contributed by atoms with Gasteiger partial charge in [-0.15, -0.1) is 6.58 Å². The fourth-order valence-electron chi connectivity index (χ4n) is 3.29. The van der Waals surface area contributed by atoms with Gasteiger partial charge in [0.2, 0.25) is 5.91 Å². The van der Waals surface area contributed by atoms with Crippen LogP contribution >= 0.6 is 0 Å². The zero-order valence-corrected chi connectivity index (χ0v) is 14.5. The first kappa shape index (κ1) is 19.0. The second kappa shape index (κ2) is 8.67. The third-order valence-corrected chi connectivity index (χ3v) is 4.64. The van der Waals surface area contributed by atoms with Crippen LogP contribution in [0.5, 0.6) is 5.75 Å². The maximum atomic E-state index is 13.0. The van der Waals surface area contributed by atoms with E-state index in [9.17, 15) is 14.7 Å². The van der Waals surface area contributed by atoms with E-state index in [-0.39, 0.29) is 19.1 Å². The molecule has 1 saturated carbocycles. The Morgan fingerprint density at radius 1 is 1.40 bits per heavy atom. The molecule has 136 valence electrons. The minimum absolute atomic E-state index is 0.0959. The molecule has 2 rings (SSSR count). The first-order valence-corrected chi connectivity index (χ1v) is 8.40. The van der Waals surface area contributed by atoms with Crippen LogP contribution in [0.25, 0.3) is 0 Å². The third-order valence-electron chi connectivity index (χ3n) is 4.64. The van der Waals surface area contributed by atoms with E-state index in [0.29, 0.717) is 18.6 Å². The van der Waals surface area contributed by atoms with Crippen molar-refractivity contribution in [1.82, 2.24) is 5.32 Å². The van der Waals surface area contributed by atoms with E-state index in [1.807, 2.05) is 24.3 Å². The summed E-state index contributed by atoms with van der Waals surface area (Å²) in [6.07, 6.45) is 4.76. The molecule has 0 bridgehead atoms. The lowest BCUT2D eigenvalue weighted by Gasteiger charge is -2.30. The summed E-state index contributed by atoms with van der Waals surface area (Å²) in [6, 6.07) is 6.35. The highest BCUT2D eigenvalue weighted by Gasteiger charge is 2.44. The maximum Gasteiger partial charge on any atom is 0.328 e. The predicted molar refractivity (Wildman–Crippen MR) is 93.7 cm³/mol. The summed E-state index contributed by atoms with van der Waals surface area (Å²) in [6.45, 7) is 3.66. The van der Waals surface area contributed by atoms with E-state index in [0.717, 1.165) is 18.4 Å². The zero-order chi connectivity index (χ0) is 18.3. The van der Waals surface area contributed by atoms with Crippen molar-refractivity contribution in [3.05, 3.63) is 42.5 Å². The molecule has 1 aliphatic rings. The van der Waals surface area contributed by atoms with Gasteiger partial charge in [-0.05, 0) is 30.5 Å². The Balaban J connectivity index is 2.21. The smallest absolute Gasteiger partial charge is 0.328 e. The molecule has 1 aliphatic carbocycles. The number of carbonyl (C=O) groups is 2. The highest BCUT2D eigenvalue weighted by molar-refractivity contribution is 5.92. The molecule has 25 heavy (non-hydrogen) atoms. The SMILES string of the molecule is C=CCOCC(NC(=O)C1(c2cccc(OC)c2)CCCC1)C(=O)O. The van der Waals surface area contributed by atoms with Crippen molar-refractivity contribution in [2.45, 2.75) is 37.1 Å². The molecule has 0 radical (unpaired) electrons. The Hall–Kier alpha value is -2.34. The molecule has 1 amide bonds. The number of hydrogen-bond acceptors (Lipinski definition) is 4. The molecule has 6 heteroatoms. The molecule has 0 saturated heterocycles. The van der Waals surface area contributed by atoms with Crippen molar-refractivity contribution in [2.24, 2.45) is 0 Å². The normalized spacial score (nSPS) is 16.8.